The third-order valence-electron chi connectivity index (χ3n) is 6.96. The molecule has 2 aromatic heterocycles. The second-order valence-electron chi connectivity index (χ2n) is 10.4. The lowest BCUT2D eigenvalue weighted by atomic mass is 10.1. The van der Waals surface area contributed by atoms with Gasteiger partial charge in [0.25, 0.3) is 0 Å². The third-order valence-corrected chi connectivity index (χ3v) is 6.96. The van der Waals surface area contributed by atoms with E-state index in [9.17, 15) is 18.0 Å². The summed E-state index contributed by atoms with van der Waals surface area (Å²) in [4.78, 5) is 28.2. The van der Waals surface area contributed by atoms with Crippen LogP contribution in [0.3, 0.4) is 0 Å². The molecule has 1 amide bonds. The lowest BCUT2D eigenvalue weighted by molar-refractivity contribution is -0.141. The third kappa shape index (κ3) is 5.39. The van der Waals surface area contributed by atoms with E-state index >= 15 is 0 Å². The quantitative estimate of drug-likeness (QED) is 0.464. The van der Waals surface area contributed by atoms with Crippen molar-refractivity contribution in [3.05, 3.63) is 54.4 Å². The molecule has 2 saturated heterocycles. The van der Waals surface area contributed by atoms with Crippen LogP contribution in [0.4, 0.5) is 30.4 Å². The van der Waals surface area contributed by atoms with E-state index in [0.29, 0.717) is 49.3 Å². The smallest absolute Gasteiger partial charge is 0.416 e. The molecule has 2 fully saturated rings. The van der Waals surface area contributed by atoms with Gasteiger partial charge in [-0.3, -0.25) is 4.79 Å². The Balaban J connectivity index is 1.11. The highest BCUT2D eigenvalue weighted by molar-refractivity contribution is 5.98. The number of aromatic nitrogens is 3. The van der Waals surface area contributed by atoms with Crippen molar-refractivity contribution in [2.45, 2.75) is 50.4 Å². The van der Waals surface area contributed by atoms with E-state index in [-0.39, 0.29) is 29.4 Å². The van der Waals surface area contributed by atoms with Gasteiger partial charge < -0.3 is 29.7 Å². The minimum atomic E-state index is -4.46. The number of alkyl halides is 3. The van der Waals surface area contributed by atoms with Gasteiger partial charge in [-0.1, -0.05) is 12.1 Å². The SMILES string of the molecule is CC1(C)OC[C@@H](COc2ccc(NC(=O)C3C[C@H]4CN3c3cnc(-c5cccc(C(F)(F)F)c5)nc3N4)cn2)O1. The molecule has 3 aliphatic rings. The molecule has 3 aliphatic heterocycles. The van der Waals surface area contributed by atoms with Gasteiger partial charge in [-0.15, -0.1) is 0 Å². The molecule has 0 radical (unpaired) electrons. The molecule has 6 rings (SSSR count). The normalized spacial score (nSPS) is 22.9. The maximum absolute atomic E-state index is 13.2. The Bertz CT molecular complexity index is 1420. The maximum atomic E-state index is 13.2. The van der Waals surface area contributed by atoms with Gasteiger partial charge in [0.15, 0.2) is 17.4 Å². The first kappa shape index (κ1) is 26.3. The Labute approximate surface area is 227 Å². The Morgan fingerprint density at radius 2 is 2.08 bits per heavy atom. The van der Waals surface area contributed by atoms with Crippen molar-refractivity contribution >= 4 is 23.1 Å². The van der Waals surface area contributed by atoms with Gasteiger partial charge in [-0.2, -0.15) is 13.2 Å². The van der Waals surface area contributed by atoms with Crippen molar-refractivity contribution in [3.63, 3.8) is 0 Å². The summed E-state index contributed by atoms with van der Waals surface area (Å²) in [5, 5.41) is 6.20. The van der Waals surface area contributed by atoms with Crippen LogP contribution in [0.2, 0.25) is 0 Å². The van der Waals surface area contributed by atoms with Crippen molar-refractivity contribution < 1.29 is 32.2 Å². The zero-order valence-electron chi connectivity index (χ0n) is 21.7. The fraction of sp³-hybridized carbons (Fsp3) is 0.407. The number of halogens is 3. The molecule has 3 atom stereocenters. The van der Waals surface area contributed by atoms with Crippen molar-refractivity contribution in [2.24, 2.45) is 0 Å². The number of nitrogens with one attached hydrogen (secondary N) is 2. The van der Waals surface area contributed by atoms with E-state index in [4.69, 9.17) is 14.2 Å². The number of ether oxygens (including phenoxy) is 3. The molecule has 2 bridgehead atoms. The Hall–Kier alpha value is -3.97. The first-order valence-corrected chi connectivity index (χ1v) is 12.8. The van der Waals surface area contributed by atoms with Gasteiger partial charge >= 0.3 is 6.18 Å². The fourth-order valence-corrected chi connectivity index (χ4v) is 5.10. The van der Waals surface area contributed by atoms with E-state index in [1.807, 2.05) is 18.7 Å². The monoisotopic (exact) mass is 556 g/mol. The predicted molar refractivity (Wildman–Crippen MR) is 139 cm³/mol. The van der Waals surface area contributed by atoms with Gasteiger partial charge in [0.05, 0.1) is 35.9 Å². The lowest BCUT2D eigenvalue weighted by Crippen LogP contribution is -2.41. The van der Waals surface area contributed by atoms with Gasteiger partial charge in [0, 0.05) is 24.2 Å². The number of anilines is 3. The standard InChI is InChI=1S/C27H27F3N6O4/c1-26(2)39-14-19(40-26)13-38-22-7-6-17(10-31-22)34-25(37)20-9-18-12-36(20)21-11-32-23(35-24(21)33-18)15-4-3-5-16(8-15)27(28,29)30/h3-8,10-11,18-20H,9,12-14H2,1-2H3,(H,34,37)(H,32,33,35)/t18-,19+,20?/m0/s1. The van der Waals surface area contributed by atoms with E-state index < -0.39 is 23.6 Å². The average Bonchev–Trinajstić information content (AvgIpc) is 3.46. The largest absolute Gasteiger partial charge is 0.475 e. The predicted octanol–water partition coefficient (Wildman–Crippen LogP) is 4.10. The highest BCUT2D eigenvalue weighted by Gasteiger charge is 2.42. The molecule has 0 saturated carbocycles. The zero-order valence-corrected chi connectivity index (χ0v) is 21.7. The van der Waals surface area contributed by atoms with Crippen molar-refractivity contribution in [3.8, 4) is 17.3 Å². The van der Waals surface area contributed by atoms with Crippen molar-refractivity contribution in [1.29, 1.82) is 0 Å². The van der Waals surface area contributed by atoms with Crippen molar-refractivity contribution in [2.75, 3.05) is 35.3 Å². The second kappa shape index (κ2) is 9.89. The number of hydrogen-bond acceptors (Lipinski definition) is 9. The van der Waals surface area contributed by atoms with Gasteiger partial charge in [0.1, 0.15) is 18.8 Å². The van der Waals surface area contributed by atoms with Gasteiger partial charge in [0.2, 0.25) is 11.8 Å². The molecule has 13 heteroatoms. The Morgan fingerprint density at radius 3 is 2.80 bits per heavy atom. The number of amides is 1. The summed E-state index contributed by atoms with van der Waals surface area (Å²) in [7, 11) is 0. The number of carbonyl (C=O) groups excluding carboxylic acids is 1. The summed E-state index contributed by atoms with van der Waals surface area (Å²) in [5.41, 5.74) is 0.628. The molecular weight excluding hydrogens is 529 g/mol. The molecule has 10 nitrogen and oxygen atoms in total. The van der Waals surface area contributed by atoms with Crippen LogP contribution in [0, 0.1) is 0 Å². The summed E-state index contributed by atoms with van der Waals surface area (Å²) < 4.78 is 56.4. The number of hydrogen-bond donors (Lipinski definition) is 2. The van der Waals surface area contributed by atoms with Gasteiger partial charge in [-0.25, -0.2) is 15.0 Å². The molecule has 1 aromatic carbocycles. The number of carbonyl (C=O) groups is 1. The summed E-state index contributed by atoms with van der Waals surface area (Å²) in [6.45, 7) is 5.00. The molecular formula is C27H27F3N6O4. The number of benzene rings is 1. The Morgan fingerprint density at radius 1 is 1.23 bits per heavy atom. The molecule has 0 spiro atoms. The summed E-state index contributed by atoms with van der Waals surface area (Å²) in [5.74, 6) is 0.214. The Kier molecular flexibility index (Phi) is 6.50. The second-order valence-corrected chi connectivity index (χ2v) is 10.4. The molecule has 2 N–H and O–H groups in total. The lowest BCUT2D eigenvalue weighted by Gasteiger charge is -2.30. The molecule has 1 unspecified atom stereocenters. The van der Waals surface area contributed by atoms with E-state index in [0.717, 1.165) is 12.1 Å². The first-order chi connectivity index (χ1) is 19.0. The van der Waals surface area contributed by atoms with Crippen LogP contribution in [0.5, 0.6) is 5.88 Å². The number of pyridine rings is 1. The molecule has 3 aromatic rings. The number of rotatable bonds is 6. The number of fused-ring (bicyclic) bond motifs is 4. The minimum Gasteiger partial charge on any atom is -0.475 e. The molecule has 0 aliphatic carbocycles. The average molecular weight is 557 g/mol. The highest BCUT2D eigenvalue weighted by atomic mass is 19.4. The van der Waals surface area contributed by atoms with Crippen LogP contribution < -0.4 is 20.3 Å². The first-order valence-electron chi connectivity index (χ1n) is 12.8. The molecule has 5 heterocycles. The van der Waals surface area contributed by atoms with E-state index in [2.05, 4.69) is 25.6 Å². The van der Waals surface area contributed by atoms with Crippen LogP contribution in [-0.4, -0.2) is 64.6 Å². The van der Waals surface area contributed by atoms with Crippen LogP contribution in [0.15, 0.2) is 48.8 Å². The van der Waals surface area contributed by atoms with Crippen LogP contribution in [0.1, 0.15) is 25.8 Å². The molecule has 210 valence electrons. The zero-order chi connectivity index (χ0) is 28.1. The summed E-state index contributed by atoms with van der Waals surface area (Å²) >= 11 is 0. The summed E-state index contributed by atoms with van der Waals surface area (Å²) in [6.07, 6.45) is -1.06. The van der Waals surface area contributed by atoms with Crippen LogP contribution in [0.25, 0.3) is 11.4 Å². The maximum Gasteiger partial charge on any atom is 0.416 e. The van der Waals surface area contributed by atoms with E-state index in [1.165, 1.54) is 18.3 Å². The minimum absolute atomic E-state index is 0.0480. The molecule has 40 heavy (non-hydrogen) atoms. The van der Waals surface area contributed by atoms with Crippen LogP contribution in [-0.2, 0) is 20.4 Å². The summed E-state index contributed by atoms with van der Waals surface area (Å²) in [6, 6.07) is 7.74. The fourth-order valence-electron chi connectivity index (χ4n) is 5.10. The van der Waals surface area contributed by atoms with Gasteiger partial charge in [-0.05, 0) is 38.5 Å². The highest BCUT2D eigenvalue weighted by Crippen LogP contribution is 2.39. The van der Waals surface area contributed by atoms with E-state index in [1.54, 1.807) is 18.3 Å². The van der Waals surface area contributed by atoms with Crippen LogP contribution >= 0.6 is 0 Å². The van der Waals surface area contributed by atoms with Crippen molar-refractivity contribution in [1.82, 2.24) is 15.0 Å². The number of nitrogens with zero attached hydrogens (tertiary/aromatic N) is 4. The topological polar surface area (TPSA) is 111 Å².